The maximum Gasteiger partial charge on any atom is 0.247 e. The molecule has 1 aromatic rings. The molecule has 1 aromatic heterocycles. The predicted octanol–water partition coefficient (Wildman–Crippen LogP) is 2.34. The second-order valence-corrected chi connectivity index (χ2v) is 7.41. The normalized spacial score (nSPS) is 23.2. The van der Waals surface area contributed by atoms with Crippen molar-refractivity contribution in [3.05, 3.63) is 54.4 Å². The molecule has 0 saturated carbocycles. The van der Waals surface area contributed by atoms with Crippen LogP contribution in [0.15, 0.2) is 48.8 Å². The van der Waals surface area contributed by atoms with Crippen molar-refractivity contribution in [2.45, 2.75) is 25.0 Å². The third-order valence-corrected chi connectivity index (χ3v) is 5.87. The molecule has 0 aliphatic heterocycles. The Labute approximate surface area is 119 Å². The Bertz CT molecular complexity index is 680. The number of hydrogen-bond acceptors (Lipinski definition) is 3. The first-order valence-electron chi connectivity index (χ1n) is 6.46. The van der Waals surface area contributed by atoms with Crippen LogP contribution in [-0.2, 0) is 10.0 Å². The van der Waals surface area contributed by atoms with E-state index >= 15 is 0 Å². The summed E-state index contributed by atoms with van der Waals surface area (Å²) in [5.74, 6) is 0. The molecule has 5 heteroatoms. The van der Waals surface area contributed by atoms with Crippen molar-refractivity contribution in [3.63, 3.8) is 0 Å². The molecule has 1 N–H and O–H groups in total. The molecule has 0 saturated heterocycles. The van der Waals surface area contributed by atoms with Gasteiger partial charge in [-0.3, -0.25) is 3.97 Å². The van der Waals surface area contributed by atoms with E-state index in [9.17, 15) is 8.42 Å². The van der Waals surface area contributed by atoms with Crippen LogP contribution in [0, 0.1) is 0 Å². The molecular formula is C15H19NO3S. The fraction of sp³-hybridized carbons (Fsp3) is 0.333. The van der Waals surface area contributed by atoms with E-state index in [1.54, 1.807) is 43.6 Å². The van der Waals surface area contributed by atoms with Gasteiger partial charge in [-0.2, -0.15) is 0 Å². The topological polar surface area (TPSA) is 59.3 Å². The highest BCUT2D eigenvalue weighted by molar-refractivity contribution is 7.91. The number of aliphatic hydroxyl groups is 1. The molecular weight excluding hydrogens is 274 g/mol. The molecule has 1 heterocycles. The SMILES string of the molecule is C/C(=C/CO)c1ccn(S(=O)(=O)C2(C)C=CC=CC2)c1. The quantitative estimate of drug-likeness (QED) is 0.927. The van der Waals surface area contributed by atoms with Gasteiger partial charge in [0.25, 0.3) is 0 Å². The molecule has 0 fully saturated rings. The molecule has 1 aliphatic rings. The summed E-state index contributed by atoms with van der Waals surface area (Å²) < 4.78 is 25.8. The first-order valence-corrected chi connectivity index (χ1v) is 7.90. The van der Waals surface area contributed by atoms with Crippen molar-refractivity contribution in [1.82, 2.24) is 3.97 Å². The Kier molecular flexibility index (Phi) is 4.01. The smallest absolute Gasteiger partial charge is 0.247 e. The van der Waals surface area contributed by atoms with Crippen LogP contribution in [0.1, 0.15) is 25.8 Å². The molecule has 0 amide bonds. The summed E-state index contributed by atoms with van der Waals surface area (Å²) in [6.45, 7) is 3.50. The Morgan fingerprint density at radius 2 is 2.25 bits per heavy atom. The molecule has 0 radical (unpaired) electrons. The zero-order valence-corrected chi connectivity index (χ0v) is 12.5. The van der Waals surface area contributed by atoms with Gasteiger partial charge in [-0.1, -0.05) is 30.4 Å². The van der Waals surface area contributed by atoms with E-state index in [2.05, 4.69) is 0 Å². The summed E-state index contributed by atoms with van der Waals surface area (Å²) in [6, 6.07) is 1.74. The van der Waals surface area contributed by atoms with Crippen LogP contribution in [0.5, 0.6) is 0 Å². The highest BCUT2D eigenvalue weighted by Gasteiger charge is 2.37. The van der Waals surface area contributed by atoms with Crippen molar-refractivity contribution < 1.29 is 13.5 Å². The van der Waals surface area contributed by atoms with Crippen LogP contribution in [0.4, 0.5) is 0 Å². The molecule has 4 nitrogen and oxygen atoms in total. The van der Waals surface area contributed by atoms with Crippen molar-refractivity contribution in [1.29, 1.82) is 0 Å². The molecule has 1 unspecified atom stereocenters. The molecule has 20 heavy (non-hydrogen) atoms. The molecule has 2 rings (SSSR count). The first kappa shape index (κ1) is 14.8. The summed E-state index contributed by atoms with van der Waals surface area (Å²) in [4.78, 5) is 0. The highest BCUT2D eigenvalue weighted by atomic mass is 32.2. The fourth-order valence-electron chi connectivity index (χ4n) is 2.15. The molecule has 0 aromatic carbocycles. The number of aliphatic hydroxyl groups excluding tert-OH is 1. The van der Waals surface area contributed by atoms with Gasteiger partial charge >= 0.3 is 0 Å². The fourth-order valence-corrected chi connectivity index (χ4v) is 3.67. The minimum atomic E-state index is -3.50. The van der Waals surface area contributed by atoms with E-state index in [1.165, 1.54) is 3.97 Å². The van der Waals surface area contributed by atoms with Crippen LogP contribution in [-0.4, -0.2) is 28.9 Å². The lowest BCUT2D eigenvalue weighted by Gasteiger charge is -2.26. The first-order chi connectivity index (χ1) is 9.40. The molecule has 0 spiro atoms. The lowest BCUT2D eigenvalue weighted by Crippen LogP contribution is -2.37. The Balaban J connectivity index is 2.39. The Hall–Kier alpha value is -1.59. The molecule has 1 atom stereocenters. The van der Waals surface area contributed by atoms with E-state index in [1.807, 2.05) is 19.1 Å². The van der Waals surface area contributed by atoms with Gasteiger partial charge in [-0.05, 0) is 37.5 Å². The van der Waals surface area contributed by atoms with Gasteiger partial charge in [0, 0.05) is 12.4 Å². The van der Waals surface area contributed by atoms with E-state index in [-0.39, 0.29) is 6.61 Å². The Morgan fingerprint density at radius 1 is 1.50 bits per heavy atom. The van der Waals surface area contributed by atoms with Crippen LogP contribution in [0.2, 0.25) is 0 Å². The van der Waals surface area contributed by atoms with Crippen LogP contribution < -0.4 is 0 Å². The van der Waals surface area contributed by atoms with Gasteiger partial charge in [-0.25, -0.2) is 8.42 Å². The van der Waals surface area contributed by atoms with Gasteiger partial charge in [-0.15, -0.1) is 0 Å². The third kappa shape index (κ3) is 2.51. The average molecular weight is 293 g/mol. The number of rotatable bonds is 4. The lowest BCUT2D eigenvalue weighted by atomic mass is 10.0. The van der Waals surface area contributed by atoms with Crippen molar-refractivity contribution >= 4 is 15.6 Å². The summed E-state index contributed by atoms with van der Waals surface area (Å²) in [5, 5.41) is 8.89. The van der Waals surface area contributed by atoms with Crippen LogP contribution in [0.3, 0.4) is 0 Å². The molecule has 1 aliphatic carbocycles. The monoisotopic (exact) mass is 293 g/mol. The number of nitrogens with zero attached hydrogens (tertiary/aromatic N) is 1. The second-order valence-electron chi connectivity index (χ2n) is 5.11. The van der Waals surface area contributed by atoms with E-state index < -0.39 is 14.8 Å². The van der Waals surface area contributed by atoms with Gasteiger partial charge in [0.1, 0.15) is 4.75 Å². The maximum absolute atomic E-state index is 12.7. The highest BCUT2D eigenvalue weighted by Crippen LogP contribution is 2.29. The largest absolute Gasteiger partial charge is 0.392 e. The van der Waals surface area contributed by atoms with Crippen LogP contribution in [0.25, 0.3) is 5.57 Å². The summed E-state index contributed by atoms with van der Waals surface area (Å²) in [6.07, 6.45) is 12.5. The lowest BCUT2D eigenvalue weighted by molar-refractivity contribution is 0.343. The van der Waals surface area contributed by atoms with Gasteiger partial charge in [0.2, 0.25) is 10.0 Å². The number of aromatic nitrogens is 1. The predicted molar refractivity (Wildman–Crippen MR) is 80.8 cm³/mol. The zero-order chi connectivity index (χ0) is 14.8. The zero-order valence-electron chi connectivity index (χ0n) is 11.7. The number of allylic oxidation sites excluding steroid dienone is 4. The molecule has 108 valence electrons. The summed E-state index contributed by atoms with van der Waals surface area (Å²) in [5.41, 5.74) is 1.65. The van der Waals surface area contributed by atoms with Crippen molar-refractivity contribution in [3.8, 4) is 0 Å². The van der Waals surface area contributed by atoms with Gasteiger partial charge in [0.15, 0.2) is 0 Å². The van der Waals surface area contributed by atoms with Gasteiger partial charge < -0.3 is 5.11 Å². The van der Waals surface area contributed by atoms with E-state index in [0.29, 0.717) is 6.42 Å². The molecule has 0 bridgehead atoms. The third-order valence-electron chi connectivity index (χ3n) is 3.61. The second kappa shape index (κ2) is 5.42. The van der Waals surface area contributed by atoms with Crippen molar-refractivity contribution in [2.24, 2.45) is 0 Å². The van der Waals surface area contributed by atoms with E-state index in [0.717, 1.165) is 11.1 Å². The van der Waals surface area contributed by atoms with Crippen LogP contribution >= 0.6 is 0 Å². The standard InChI is InChI=1S/C15H19NO3S/c1-13(7-11-17)14-6-10-16(12-14)20(18,19)15(2)8-4-3-5-9-15/h3-8,10,12,17H,9,11H2,1-2H3/b13-7-. The number of hydrogen-bond donors (Lipinski definition) is 1. The summed E-state index contributed by atoms with van der Waals surface area (Å²) in [7, 11) is -3.50. The minimum absolute atomic E-state index is 0.0605. The Morgan fingerprint density at radius 3 is 2.85 bits per heavy atom. The van der Waals surface area contributed by atoms with E-state index in [4.69, 9.17) is 5.11 Å². The van der Waals surface area contributed by atoms with Crippen molar-refractivity contribution in [2.75, 3.05) is 6.61 Å². The van der Waals surface area contributed by atoms with Gasteiger partial charge in [0.05, 0.1) is 6.61 Å². The summed E-state index contributed by atoms with van der Waals surface area (Å²) >= 11 is 0. The average Bonchev–Trinajstić information content (AvgIpc) is 2.90. The maximum atomic E-state index is 12.7. The minimum Gasteiger partial charge on any atom is -0.392 e.